The highest BCUT2D eigenvalue weighted by atomic mass is 35.5. The standard InChI is InChI=1S/C16H18ClN3O/c1-10(2)19-13-7-12(8-18-9-13)16(21)20-15-6-4-5-14(17)11(15)3/h4-10,19H,1-3H3,(H,20,21). The maximum absolute atomic E-state index is 12.3. The van der Waals surface area contributed by atoms with Crippen LogP contribution < -0.4 is 10.6 Å². The van der Waals surface area contributed by atoms with Gasteiger partial charge in [-0.2, -0.15) is 0 Å². The summed E-state index contributed by atoms with van der Waals surface area (Å²) in [5, 5.41) is 6.70. The topological polar surface area (TPSA) is 54.0 Å². The van der Waals surface area contributed by atoms with E-state index < -0.39 is 0 Å². The van der Waals surface area contributed by atoms with Crippen LogP contribution in [-0.2, 0) is 0 Å². The summed E-state index contributed by atoms with van der Waals surface area (Å²) in [7, 11) is 0. The van der Waals surface area contributed by atoms with Crippen LogP contribution in [0.4, 0.5) is 11.4 Å². The number of carbonyl (C=O) groups is 1. The fourth-order valence-electron chi connectivity index (χ4n) is 1.91. The third-order valence-electron chi connectivity index (χ3n) is 2.97. The van der Waals surface area contributed by atoms with E-state index in [1.165, 1.54) is 0 Å². The van der Waals surface area contributed by atoms with E-state index in [4.69, 9.17) is 11.6 Å². The summed E-state index contributed by atoms with van der Waals surface area (Å²) < 4.78 is 0. The number of anilines is 2. The molecule has 2 aromatic rings. The van der Waals surface area contributed by atoms with E-state index in [-0.39, 0.29) is 11.9 Å². The smallest absolute Gasteiger partial charge is 0.257 e. The first-order valence-corrected chi connectivity index (χ1v) is 7.13. The van der Waals surface area contributed by atoms with Crippen molar-refractivity contribution in [1.82, 2.24) is 4.98 Å². The van der Waals surface area contributed by atoms with Gasteiger partial charge in [-0.3, -0.25) is 9.78 Å². The number of hydrogen-bond donors (Lipinski definition) is 2. The van der Waals surface area contributed by atoms with Gasteiger partial charge in [-0.15, -0.1) is 0 Å². The third-order valence-corrected chi connectivity index (χ3v) is 3.38. The van der Waals surface area contributed by atoms with Crippen molar-refractivity contribution < 1.29 is 4.79 Å². The largest absolute Gasteiger partial charge is 0.382 e. The Kier molecular flexibility index (Phi) is 4.81. The van der Waals surface area contributed by atoms with Crippen LogP contribution in [0.2, 0.25) is 5.02 Å². The highest BCUT2D eigenvalue weighted by Gasteiger charge is 2.10. The molecule has 0 aliphatic carbocycles. The number of rotatable bonds is 4. The average Bonchev–Trinajstić information content (AvgIpc) is 2.43. The van der Waals surface area contributed by atoms with Crippen molar-refractivity contribution in [1.29, 1.82) is 0 Å². The first kappa shape index (κ1) is 15.3. The predicted octanol–water partition coefficient (Wildman–Crippen LogP) is 4.12. The van der Waals surface area contributed by atoms with Crippen molar-refractivity contribution in [3.8, 4) is 0 Å². The fraction of sp³-hybridized carbons (Fsp3) is 0.250. The molecule has 0 bridgehead atoms. The molecule has 0 aliphatic rings. The second-order valence-corrected chi connectivity index (χ2v) is 5.54. The van der Waals surface area contributed by atoms with E-state index in [9.17, 15) is 4.79 Å². The van der Waals surface area contributed by atoms with Gasteiger partial charge >= 0.3 is 0 Å². The van der Waals surface area contributed by atoms with Crippen molar-refractivity contribution in [2.24, 2.45) is 0 Å². The van der Waals surface area contributed by atoms with Gasteiger partial charge in [0.1, 0.15) is 0 Å². The minimum absolute atomic E-state index is 0.208. The van der Waals surface area contributed by atoms with Gasteiger partial charge in [-0.05, 0) is 44.5 Å². The normalized spacial score (nSPS) is 10.5. The summed E-state index contributed by atoms with van der Waals surface area (Å²) >= 11 is 6.05. The van der Waals surface area contributed by atoms with Crippen molar-refractivity contribution in [3.05, 3.63) is 52.8 Å². The molecule has 0 atom stereocenters. The molecule has 0 spiro atoms. The monoisotopic (exact) mass is 303 g/mol. The molecular formula is C16H18ClN3O. The van der Waals surface area contributed by atoms with E-state index in [0.717, 1.165) is 11.3 Å². The lowest BCUT2D eigenvalue weighted by Gasteiger charge is -2.12. The highest BCUT2D eigenvalue weighted by molar-refractivity contribution is 6.31. The number of carbonyl (C=O) groups excluding carboxylic acids is 1. The summed E-state index contributed by atoms with van der Waals surface area (Å²) in [6.07, 6.45) is 3.24. The van der Waals surface area contributed by atoms with Crippen LogP contribution in [0.15, 0.2) is 36.7 Å². The summed E-state index contributed by atoms with van der Waals surface area (Å²) in [4.78, 5) is 16.4. The Morgan fingerprint density at radius 3 is 2.76 bits per heavy atom. The Hall–Kier alpha value is -2.07. The first-order valence-electron chi connectivity index (χ1n) is 6.75. The minimum atomic E-state index is -0.208. The number of nitrogens with zero attached hydrogens (tertiary/aromatic N) is 1. The Bertz CT molecular complexity index is 656. The van der Waals surface area contributed by atoms with Crippen molar-refractivity contribution in [3.63, 3.8) is 0 Å². The van der Waals surface area contributed by atoms with Crippen LogP contribution in [0.5, 0.6) is 0 Å². The Morgan fingerprint density at radius 2 is 2.05 bits per heavy atom. The van der Waals surface area contributed by atoms with Crippen molar-refractivity contribution >= 4 is 28.9 Å². The third kappa shape index (κ3) is 3.95. The molecule has 2 rings (SSSR count). The molecule has 0 saturated heterocycles. The predicted molar refractivity (Wildman–Crippen MR) is 87.1 cm³/mol. The zero-order valence-corrected chi connectivity index (χ0v) is 13.0. The molecule has 110 valence electrons. The van der Waals surface area contributed by atoms with E-state index >= 15 is 0 Å². The molecule has 1 heterocycles. The van der Waals surface area contributed by atoms with Gasteiger partial charge in [-0.1, -0.05) is 17.7 Å². The number of halogens is 1. The van der Waals surface area contributed by atoms with Gasteiger partial charge in [0.15, 0.2) is 0 Å². The van der Waals surface area contributed by atoms with Crippen LogP contribution in [-0.4, -0.2) is 16.9 Å². The molecule has 5 heteroatoms. The number of pyridine rings is 1. The molecule has 1 amide bonds. The lowest BCUT2D eigenvalue weighted by Crippen LogP contribution is -2.15. The molecule has 2 N–H and O–H groups in total. The molecule has 0 unspecified atom stereocenters. The summed E-state index contributed by atoms with van der Waals surface area (Å²) in [5.74, 6) is -0.208. The highest BCUT2D eigenvalue weighted by Crippen LogP contribution is 2.23. The molecular weight excluding hydrogens is 286 g/mol. The van der Waals surface area contributed by atoms with Crippen molar-refractivity contribution in [2.45, 2.75) is 26.8 Å². The van der Waals surface area contributed by atoms with Gasteiger partial charge in [0.25, 0.3) is 5.91 Å². The SMILES string of the molecule is Cc1c(Cl)cccc1NC(=O)c1cncc(NC(C)C)c1. The summed E-state index contributed by atoms with van der Waals surface area (Å²) in [6, 6.07) is 7.48. The molecule has 4 nitrogen and oxygen atoms in total. The van der Waals surface area contributed by atoms with Crippen LogP contribution in [0.25, 0.3) is 0 Å². The van der Waals surface area contributed by atoms with Crippen LogP contribution in [0.3, 0.4) is 0 Å². The molecule has 0 aliphatic heterocycles. The number of hydrogen-bond acceptors (Lipinski definition) is 3. The average molecular weight is 304 g/mol. The van der Waals surface area contributed by atoms with E-state index in [1.807, 2.05) is 26.8 Å². The number of aromatic nitrogens is 1. The first-order chi connectivity index (χ1) is 9.97. The molecule has 0 radical (unpaired) electrons. The zero-order valence-electron chi connectivity index (χ0n) is 12.3. The number of amides is 1. The van der Waals surface area contributed by atoms with E-state index in [0.29, 0.717) is 16.3 Å². The van der Waals surface area contributed by atoms with Gasteiger partial charge in [0, 0.05) is 29.1 Å². The Balaban J connectivity index is 2.18. The van der Waals surface area contributed by atoms with Gasteiger partial charge in [0.2, 0.25) is 0 Å². The van der Waals surface area contributed by atoms with Crippen molar-refractivity contribution in [2.75, 3.05) is 10.6 Å². The van der Waals surface area contributed by atoms with Crippen LogP contribution >= 0.6 is 11.6 Å². The Morgan fingerprint density at radius 1 is 1.29 bits per heavy atom. The lowest BCUT2D eigenvalue weighted by molar-refractivity contribution is 0.102. The summed E-state index contributed by atoms with van der Waals surface area (Å²) in [6.45, 7) is 5.93. The van der Waals surface area contributed by atoms with Crippen LogP contribution in [0, 0.1) is 6.92 Å². The molecule has 0 saturated carbocycles. The zero-order chi connectivity index (χ0) is 15.4. The second kappa shape index (κ2) is 6.59. The minimum Gasteiger partial charge on any atom is -0.382 e. The number of nitrogens with one attached hydrogen (secondary N) is 2. The van der Waals surface area contributed by atoms with E-state index in [2.05, 4.69) is 15.6 Å². The van der Waals surface area contributed by atoms with Gasteiger partial charge in [-0.25, -0.2) is 0 Å². The maximum atomic E-state index is 12.3. The second-order valence-electron chi connectivity index (χ2n) is 5.13. The Labute approximate surface area is 129 Å². The molecule has 0 fully saturated rings. The number of benzene rings is 1. The van der Waals surface area contributed by atoms with E-state index in [1.54, 1.807) is 30.6 Å². The van der Waals surface area contributed by atoms with Gasteiger partial charge < -0.3 is 10.6 Å². The lowest BCUT2D eigenvalue weighted by atomic mass is 10.2. The molecule has 21 heavy (non-hydrogen) atoms. The fourth-order valence-corrected chi connectivity index (χ4v) is 2.09. The van der Waals surface area contributed by atoms with Gasteiger partial charge in [0.05, 0.1) is 11.3 Å². The quantitative estimate of drug-likeness (QED) is 0.893. The summed E-state index contributed by atoms with van der Waals surface area (Å²) in [5.41, 5.74) is 2.87. The molecule has 1 aromatic heterocycles. The maximum Gasteiger partial charge on any atom is 0.257 e. The molecule has 1 aromatic carbocycles. The van der Waals surface area contributed by atoms with Crippen LogP contribution in [0.1, 0.15) is 29.8 Å².